The van der Waals surface area contributed by atoms with Gasteiger partial charge in [0, 0.05) is 0 Å². The SMILES string of the molecule is OC1(c2cc(Cl)c(F)c(Cl)c2)CCC1. The van der Waals surface area contributed by atoms with Gasteiger partial charge in [-0.3, -0.25) is 0 Å². The second-order valence-electron chi connectivity index (χ2n) is 3.64. The number of hydrogen-bond acceptors (Lipinski definition) is 1. The van der Waals surface area contributed by atoms with E-state index in [-0.39, 0.29) is 10.0 Å². The maximum absolute atomic E-state index is 13.1. The van der Waals surface area contributed by atoms with Gasteiger partial charge >= 0.3 is 0 Å². The van der Waals surface area contributed by atoms with Crippen LogP contribution < -0.4 is 0 Å². The third-order valence-electron chi connectivity index (χ3n) is 2.70. The molecule has 0 saturated heterocycles. The summed E-state index contributed by atoms with van der Waals surface area (Å²) in [5.74, 6) is -0.625. The van der Waals surface area contributed by atoms with E-state index in [1.807, 2.05) is 0 Å². The summed E-state index contributed by atoms with van der Waals surface area (Å²) < 4.78 is 13.1. The highest BCUT2D eigenvalue weighted by molar-refractivity contribution is 6.35. The molecule has 0 bridgehead atoms. The third-order valence-corrected chi connectivity index (χ3v) is 3.25. The Kier molecular flexibility index (Phi) is 2.46. The number of rotatable bonds is 1. The van der Waals surface area contributed by atoms with E-state index in [4.69, 9.17) is 23.2 Å². The predicted octanol–water partition coefficient (Wildman–Crippen LogP) is 3.50. The zero-order valence-corrected chi connectivity index (χ0v) is 8.87. The Bertz CT molecular complexity index is 351. The van der Waals surface area contributed by atoms with Crippen LogP contribution in [0.3, 0.4) is 0 Å². The topological polar surface area (TPSA) is 20.2 Å². The molecule has 2 rings (SSSR count). The van der Waals surface area contributed by atoms with Crippen LogP contribution in [0.25, 0.3) is 0 Å². The van der Waals surface area contributed by atoms with Gasteiger partial charge in [-0.05, 0) is 37.0 Å². The lowest BCUT2D eigenvalue weighted by molar-refractivity contribution is -0.0388. The fraction of sp³-hybridized carbons (Fsp3) is 0.400. The Labute approximate surface area is 91.5 Å². The van der Waals surface area contributed by atoms with Gasteiger partial charge in [-0.2, -0.15) is 0 Å². The first-order valence-electron chi connectivity index (χ1n) is 4.40. The normalized spacial score (nSPS) is 19.1. The van der Waals surface area contributed by atoms with Crippen LogP contribution in [0.2, 0.25) is 10.0 Å². The van der Waals surface area contributed by atoms with Crippen LogP contribution in [-0.4, -0.2) is 5.11 Å². The molecule has 0 atom stereocenters. The average molecular weight is 235 g/mol. The molecule has 0 aromatic heterocycles. The Morgan fingerprint density at radius 2 is 1.71 bits per heavy atom. The molecule has 14 heavy (non-hydrogen) atoms. The lowest BCUT2D eigenvalue weighted by Crippen LogP contribution is -2.33. The van der Waals surface area contributed by atoms with Crippen molar-refractivity contribution < 1.29 is 9.50 Å². The van der Waals surface area contributed by atoms with E-state index in [1.54, 1.807) is 0 Å². The van der Waals surface area contributed by atoms with Gasteiger partial charge in [0.25, 0.3) is 0 Å². The second-order valence-corrected chi connectivity index (χ2v) is 4.45. The smallest absolute Gasteiger partial charge is 0.160 e. The largest absolute Gasteiger partial charge is 0.385 e. The fourth-order valence-electron chi connectivity index (χ4n) is 1.62. The van der Waals surface area contributed by atoms with Crippen molar-refractivity contribution >= 4 is 23.2 Å². The van der Waals surface area contributed by atoms with E-state index in [9.17, 15) is 9.50 Å². The van der Waals surface area contributed by atoms with Gasteiger partial charge in [-0.15, -0.1) is 0 Å². The molecule has 1 aromatic rings. The molecule has 0 radical (unpaired) electrons. The van der Waals surface area contributed by atoms with Gasteiger partial charge in [0.2, 0.25) is 0 Å². The van der Waals surface area contributed by atoms with Crippen molar-refractivity contribution in [2.24, 2.45) is 0 Å². The predicted molar refractivity (Wildman–Crippen MR) is 54.2 cm³/mol. The highest BCUT2D eigenvalue weighted by Gasteiger charge is 2.36. The van der Waals surface area contributed by atoms with E-state index in [1.165, 1.54) is 12.1 Å². The lowest BCUT2D eigenvalue weighted by atomic mass is 9.75. The number of hydrogen-bond donors (Lipinski definition) is 1. The van der Waals surface area contributed by atoms with Crippen molar-refractivity contribution in [3.63, 3.8) is 0 Å². The minimum atomic E-state index is -0.846. The molecule has 0 aliphatic heterocycles. The Morgan fingerprint density at radius 3 is 2.07 bits per heavy atom. The number of halogens is 3. The van der Waals surface area contributed by atoms with Crippen LogP contribution in [0.4, 0.5) is 4.39 Å². The fourth-order valence-corrected chi connectivity index (χ4v) is 2.11. The average Bonchev–Trinajstić information content (AvgIpc) is 2.09. The molecule has 1 nitrogen and oxygen atoms in total. The molecule has 0 heterocycles. The van der Waals surface area contributed by atoms with E-state index < -0.39 is 11.4 Å². The molecule has 1 N–H and O–H groups in total. The summed E-state index contributed by atoms with van der Waals surface area (Å²) in [5, 5.41) is 9.91. The molecule has 4 heteroatoms. The quantitative estimate of drug-likeness (QED) is 0.738. The third kappa shape index (κ3) is 1.52. The molecule has 0 spiro atoms. The zero-order chi connectivity index (χ0) is 10.3. The van der Waals surface area contributed by atoms with E-state index >= 15 is 0 Å². The molecular formula is C10H9Cl2FO. The highest BCUT2D eigenvalue weighted by Crippen LogP contribution is 2.43. The summed E-state index contributed by atoms with van der Waals surface area (Å²) in [6, 6.07) is 2.89. The number of benzene rings is 1. The van der Waals surface area contributed by atoms with E-state index in [0.717, 1.165) is 6.42 Å². The first-order valence-corrected chi connectivity index (χ1v) is 5.16. The van der Waals surface area contributed by atoms with Gasteiger partial charge in [-0.1, -0.05) is 23.2 Å². The molecule has 1 fully saturated rings. The maximum atomic E-state index is 13.1. The van der Waals surface area contributed by atoms with Crippen LogP contribution in [0.1, 0.15) is 24.8 Å². The van der Waals surface area contributed by atoms with Crippen molar-refractivity contribution in [1.29, 1.82) is 0 Å². The summed E-state index contributed by atoms with van der Waals surface area (Å²) in [5.41, 5.74) is -0.235. The summed E-state index contributed by atoms with van der Waals surface area (Å²) in [4.78, 5) is 0. The highest BCUT2D eigenvalue weighted by atomic mass is 35.5. The molecule has 1 aliphatic rings. The van der Waals surface area contributed by atoms with Gasteiger partial charge in [0.1, 0.15) is 0 Å². The Hall–Kier alpha value is -0.310. The maximum Gasteiger partial charge on any atom is 0.160 e. The molecule has 1 aromatic carbocycles. The molecule has 1 aliphatic carbocycles. The van der Waals surface area contributed by atoms with Gasteiger partial charge in [0.15, 0.2) is 5.82 Å². The van der Waals surface area contributed by atoms with Crippen molar-refractivity contribution in [2.75, 3.05) is 0 Å². The van der Waals surface area contributed by atoms with Crippen molar-refractivity contribution in [2.45, 2.75) is 24.9 Å². The van der Waals surface area contributed by atoms with Gasteiger partial charge in [0.05, 0.1) is 15.6 Å². The standard InChI is InChI=1S/C10H9Cl2FO/c11-7-4-6(5-8(12)9(7)13)10(14)2-1-3-10/h4-5,14H,1-3H2. The second kappa shape index (κ2) is 3.37. The first-order chi connectivity index (χ1) is 6.53. The van der Waals surface area contributed by atoms with Crippen molar-refractivity contribution in [3.05, 3.63) is 33.6 Å². The number of aliphatic hydroxyl groups is 1. The summed E-state index contributed by atoms with van der Waals surface area (Å²) >= 11 is 11.3. The van der Waals surface area contributed by atoms with Crippen LogP contribution >= 0.6 is 23.2 Å². The van der Waals surface area contributed by atoms with E-state index in [0.29, 0.717) is 18.4 Å². The molecule has 0 unspecified atom stereocenters. The molecule has 1 saturated carbocycles. The Morgan fingerprint density at radius 1 is 1.21 bits per heavy atom. The van der Waals surface area contributed by atoms with Gasteiger partial charge < -0.3 is 5.11 Å². The minimum absolute atomic E-state index is 0.0344. The van der Waals surface area contributed by atoms with Crippen molar-refractivity contribution in [1.82, 2.24) is 0 Å². The first kappa shape index (κ1) is 10.2. The minimum Gasteiger partial charge on any atom is -0.385 e. The summed E-state index contributed by atoms with van der Waals surface area (Å²) in [6.07, 6.45) is 2.35. The summed E-state index contributed by atoms with van der Waals surface area (Å²) in [7, 11) is 0. The zero-order valence-electron chi connectivity index (χ0n) is 7.36. The molecular weight excluding hydrogens is 226 g/mol. The van der Waals surface area contributed by atoms with Crippen molar-refractivity contribution in [3.8, 4) is 0 Å². The molecule has 76 valence electrons. The van der Waals surface area contributed by atoms with Crippen LogP contribution in [-0.2, 0) is 5.60 Å². The Balaban J connectivity index is 2.45. The molecule has 0 amide bonds. The van der Waals surface area contributed by atoms with Gasteiger partial charge in [-0.25, -0.2) is 4.39 Å². The van der Waals surface area contributed by atoms with Crippen LogP contribution in [0, 0.1) is 5.82 Å². The summed E-state index contributed by atoms with van der Waals surface area (Å²) in [6.45, 7) is 0. The van der Waals surface area contributed by atoms with Crippen LogP contribution in [0.15, 0.2) is 12.1 Å². The van der Waals surface area contributed by atoms with E-state index in [2.05, 4.69) is 0 Å². The lowest BCUT2D eigenvalue weighted by Gasteiger charge is -2.37. The monoisotopic (exact) mass is 234 g/mol. The van der Waals surface area contributed by atoms with Crippen LogP contribution in [0.5, 0.6) is 0 Å².